The number of nitrogens with zero attached hydrogens (tertiary/aromatic N) is 2. The summed E-state index contributed by atoms with van der Waals surface area (Å²) in [5.74, 6) is -0.363. The van der Waals surface area contributed by atoms with Crippen LogP contribution in [0, 0.1) is 5.92 Å². The summed E-state index contributed by atoms with van der Waals surface area (Å²) in [7, 11) is 2.15. The molecule has 2 fully saturated rings. The minimum Gasteiger partial charge on any atom is -0.480 e. The predicted octanol–water partition coefficient (Wildman–Crippen LogP) is 1.25. The first-order valence-corrected chi connectivity index (χ1v) is 8.40. The Kier molecular flexibility index (Phi) is 5.63. The minimum absolute atomic E-state index is 0.301. The number of carbonyl (C=O) groups is 1. The number of aliphatic carboxylic acids is 1. The monoisotopic (exact) mass is 297 g/mol. The zero-order chi connectivity index (χ0) is 15.5. The summed E-state index contributed by atoms with van der Waals surface area (Å²) in [6.45, 7) is 8.87. The topological polar surface area (TPSA) is 55.8 Å². The van der Waals surface area contributed by atoms with E-state index in [4.69, 9.17) is 0 Å². The van der Waals surface area contributed by atoms with Crippen LogP contribution in [-0.2, 0) is 4.79 Å². The Hall–Kier alpha value is -0.650. The largest absolute Gasteiger partial charge is 0.480 e. The molecule has 1 aliphatic carbocycles. The van der Waals surface area contributed by atoms with E-state index in [0.29, 0.717) is 18.5 Å². The molecule has 0 aromatic heterocycles. The van der Waals surface area contributed by atoms with E-state index in [2.05, 4.69) is 36.0 Å². The molecular formula is C16H31N3O2. The molecule has 1 heterocycles. The molecule has 1 saturated heterocycles. The van der Waals surface area contributed by atoms with Crippen molar-refractivity contribution in [2.75, 3.05) is 39.8 Å². The molecule has 122 valence electrons. The summed E-state index contributed by atoms with van der Waals surface area (Å²) >= 11 is 0. The van der Waals surface area contributed by atoms with Crippen LogP contribution in [0.2, 0.25) is 0 Å². The highest BCUT2D eigenvalue weighted by Gasteiger charge is 2.52. The van der Waals surface area contributed by atoms with Crippen molar-refractivity contribution in [3.05, 3.63) is 0 Å². The van der Waals surface area contributed by atoms with Gasteiger partial charge < -0.3 is 15.3 Å². The molecule has 0 amide bonds. The quantitative estimate of drug-likeness (QED) is 0.740. The highest BCUT2D eigenvalue weighted by molar-refractivity contribution is 5.80. The Balaban J connectivity index is 2.11. The zero-order valence-electron chi connectivity index (χ0n) is 13.8. The normalized spacial score (nSPS) is 28.0. The van der Waals surface area contributed by atoms with Crippen LogP contribution in [-0.4, -0.2) is 72.2 Å². The fourth-order valence-corrected chi connectivity index (χ4v) is 3.55. The van der Waals surface area contributed by atoms with Gasteiger partial charge in [0.1, 0.15) is 5.54 Å². The third-order valence-corrected chi connectivity index (χ3v) is 4.98. The van der Waals surface area contributed by atoms with Gasteiger partial charge in [-0.2, -0.15) is 0 Å². The molecule has 2 rings (SSSR count). The molecular weight excluding hydrogens is 266 g/mol. The molecule has 2 unspecified atom stereocenters. The van der Waals surface area contributed by atoms with Gasteiger partial charge in [0.2, 0.25) is 0 Å². The summed E-state index contributed by atoms with van der Waals surface area (Å²) < 4.78 is 0. The average Bonchev–Trinajstić information content (AvgIpc) is 3.25. The van der Waals surface area contributed by atoms with Gasteiger partial charge in [-0.25, -0.2) is 0 Å². The van der Waals surface area contributed by atoms with Crippen molar-refractivity contribution < 1.29 is 9.90 Å². The van der Waals surface area contributed by atoms with Gasteiger partial charge in [-0.3, -0.25) is 9.69 Å². The Morgan fingerprint density at radius 1 is 1.38 bits per heavy atom. The van der Waals surface area contributed by atoms with E-state index in [0.717, 1.165) is 51.9 Å². The third-order valence-electron chi connectivity index (χ3n) is 4.98. The maximum absolute atomic E-state index is 12.0. The van der Waals surface area contributed by atoms with E-state index >= 15 is 0 Å². The molecule has 5 heteroatoms. The van der Waals surface area contributed by atoms with Crippen LogP contribution in [0.4, 0.5) is 0 Å². The number of likely N-dealkylation sites (N-methyl/N-ethyl adjacent to an activating group) is 1. The van der Waals surface area contributed by atoms with Gasteiger partial charge in [0.25, 0.3) is 0 Å². The molecule has 1 saturated carbocycles. The Morgan fingerprint density at radius 3 is 2.67 bits per heavy atom. The van der Waals surface area contributed by atoms with Gasteiger partial charge >= 0.3 is 5.97 Å². The molecule has 0 radical (unpaired) electrons. The molecule has 0 aromatic carbocycles. The fraction of sp³-hybridized carbons (Fsp3) is 0.938. The van der Waals surface area contributed by atoms with Crippen LogP contribution in [0.3, 0.4) is 0 Å². The van der Waals surface area contributed by atoms with E-state index in [9.17, 15) is 9.90 Å². The number of rotatable bonds is 7. The van der Waals surface area contributed by atoms with E-state index in [1.54, 1.807) is 0 Å². The lowest BCUT2D eigenvalue weighted by Gasteiger charge is -2.38. The van der Waals surface area contributed by atoms with Crippen LogP contribution in [0.1, 0.15) is 39.5 Å². The van der Waals surface area contributed by atoms with Gasteiger partial charge in [-0.05, 0) is 65.2 Å². The SMILES string of the molecule is CCCNC(CN1CCCN(C)CC1C)(C(=O)O)C1CC1. The van der Waals surface area contributed by atoms with E-state index in [1.165, 1.54) is 0 Å². The van der Waals surface area contributed by atoms with Crippen molar-refractivity contribution in [2.24, 2.45) is 5.92 Å². The molecule has 2 atom stereocenters. The van der Waals surface area contributed by atoms with Crippen molar-refractivity contribution in [1.82, 2.24) is 15.1 Å². The summed E-state index contributed by atoms with van der Waals surface area (Å²) in [4.78, 5) is 16.8. The molecule has 0 aromatic rings. The lowest BCUT2D eigenvalue weighted by molar-refractivity contribution is -0.147. The number of hydrogen-bond donors (Lipinski definition) is 2. The van der Waals surface area contributed by atoms with Crippen LogP contribution in [0.15, 0.2) is 0 Å². The number of hydrogen-bond acceptors (Lipinski definition) is 4. The maximum atomic E-state index is 12.0. The smallest absolute Gasteiger partial charge is 0.325 e. The number of carboxylic acid groups (broad SMARTS) is 1. The predicted molar refractivity (Wildman–Crippen MR) is 84.5 cm³/mol. The van der Waals surface area contributed by atoms with Crippen LogP contribution >= 0.6 is 0 Å². The van der Waals surface area contributed by atoms with Gasteiger partial charge in [0.05, 0.1) is 0 Å². The van der Waals surface area contributed by atoms with Gasteiger partial charge in [0, 0.05) is 19.1 Å². The average molecular weight is 297 g/mol. The van der Waals surface area contributed by atoms with Gasteiger partial charge in [0.15, 0.2) is 0 Å². The second-order valence-corrected chi connectivity index (χ2v) is 6.91. The molecule has 2 N–H and O–H groups in total. The van der Waals surface area contributed by atoms with Crippen molar-refractivity contribution >= 4 is 5.97 Å². The number of carboxylic acids is 1. The third kappa shape index (κ3) is 3.96. The van der Waals surface area contributed by atoms with Crippen LogP contribution < -0.4 is 5.32 Å². The molecule has 2 aliphatic rings. The summed E-state index contributed by atoms with van der Waals surface area (Å²) in [6.07, 6.45) is 4.19. The Labute approximate surface area is 128 Å². The van der Waals surface area contributed by atoms with Crippen molar-refractivity contribution in [2.45, 2.75) is 51.1 Å². The second-order valence-electron chi connectivity index (χ2n) is 6.91. The summed E-state index contributed by atoms with van der Waals surface area (Å²) in [5.41, 5.74) is -0.743. The first-order valence-electron chi connectivity index (χ1n) is 8.40. The summed E-state index contributed by atoms with van der Waals surface area (Å²) in [6, 6.07) is 0.415. The van der Waals surface area contributed by atoms with Crippen molar-refractivity contribution in [3.8, 4) is 0 Å². The molecule has 21 heavy (non-hydrogen) atoms. The zero-order valence-corrected chi connectivity index (χ0v) is 13.8. The fourth-order valence-electron chi connectivity index (χ4n) is 3.55. The van der Waals surface area contributed by atoms with Gasteiger partial charge in [-0.15, -0.1) is 0 Å². The standard InChI is InChI=1S/C16H31N3O2/c1-4-8-17-16(15(20)21,14-6-7-14)12-19-10-5-9-18(3)11-13(19)2/h13-14,17H,4-12H2,1-3H3,(H,20,21). The second kappa shape index (κ2) is 7.07. The Morgan fingerprint density at radius 2 is 2.10 bits per heavy atom. The molecule has 1 aliphatic heterocycles. The maximum Gasteiger partial charge on any atom is 0.325 e. The highest BCUT2D eigenvalue weighted by Crippen LogP contribution is 2.41. The summed E-state index contributed by atoms with van der Waals surface area (Å²) in [5, 5.41) is 13.3. The minimum atomic E-state index is -0.743. The van der Waals surface area contributed by atoms with E-state index < -0.39 is 11.5 Å². The molecule has 5 nitrogen and oxygen atoms in total. The Bertz CT molecular complexity index is 359. The van der Waals surface area contributed by atoms with Crippen molar-refractivity contribution in [3.63, 3.8) is 0 Å². The van der Waals surface area contributed by atoms with Gasteiger partial charge in [-0.1, -0.05) is 6.92 Å². The number of nitrogens with one attached hydrogen (secondary N) is 1. The van der Waals surface area contributed by atoms with Crippen LogP contribution in [0.25, 0.3) is 0 Å². The lowest BCUT2D eigenvalue weighted by Crippen LogP contribution is -2.62. The van der Waals surface area contributed by atoms with E-state index in [-0.39, 0.29) is 0 Å². The van der Waals surface area contributed by atoms with E-state index in [1.807, 2.05) is 0 Å². The van der Waals surface area contributed by atoms with Crippen LogP contribution in [0.5, 0.6) is 0 Å². The van der Waals surface area contributed by atoms with Crippen molar-refractivity contribution in [1.29, 1.82) is 0 Å². The lowest BCUT2D eigenvalue weighted by atomic mass is 9.91. The first kappa shape index (κ1) is 16.7. The molecule has 0 spiro atoms. The highest BCUT2D eigenvalue weighted by atomic mass is 16.4. The first-order chi connectivity index (χ1) is 9.99. The molecule has 0 bridgehead atoms.